The first kappa shape index (κ1) is 18.7. The minimum absolute atomic E-state index is 0.256. The van der Waals surface area contributed by atoms with Crippen LogP contribution in [0.2, 0.25) is 0 Å². The van der Waals surface area contributed by atoms with Gasteiger partial charge >= 0.3 is 0 Å². The highest BCUT2D eigenvalue weighted by atomic mass is 16.5. The number of nitrogens with one attached hydrogen (secondary N) is 1. The smallest absolute Gasteiger partial charge is 0.147 e. The molecule has 2 aromatic carbocycles. The average Bonchev–Trinajstić information content (AvgIpc) is 3.10. The van der Waals surface area contributed by atoms with Crippen LogP contribution in [0.1, 0.15) is 61.9 Å². The molecular weight excluding hydrogens is 348 g/mol. The lowest BCUT2D eigenvalue weighted by Gasteiger charge is -2.28. The molecule has 0 aliphatic carbocycles. The standard InChI is InChI=1S/C23H28N4O/c1-3-8-21(25-22-11-7-16-27-23(22)24-17(2)26-27)18-12-14-20(15-13-18)28-19-9-5-4-6-10-19/h4-6,9-10,12-15,21-22,25H,3,7-8,11,16H2,1-2H3. The molecule has 4 rings (SSSR count). The van der Waals surface area contributed by atoms with Crippen molar-refractivity contribution in [1.82, 2.24) is 20.1 Å². The molecule has 5 nitrogen and oxygen atoms in total. The maximum Gasteiger partial charge on any atom is 0.147 e. The number of aromatic nitrogens is 3. The molecule has 1 aliphatic heterocycles. The molecule has 0 bridgehead atoms. The fourth-order valence-corrected chi connectivity index (χ4v) is 3.90. The van der Waals surface area contributed by atoms with Gasteiger partial charge in [-0.3, -0.25) is 0 Å². The first-order valence-electron chi connectivity index (χ1n) is 10.2. The van der Waals surface area contributed by atoms with Gasteiger partial charge in [0.2, 0.25) is 0 Å². The van der Waals surface area contributed by atoms with E-state index in [1.165, 1.54) is 5.56 Å². The normalized spacial score (nSPS) is 17.1. The first-order valence-corrected chi connectivity index (χ1v) is 10.2. The van der Waals surface area contributed by atoms with Crippen LogP contribution in [-0.2, 0) is 6.54 Å². The van der Waals surface area contributed by atoms with E-state index in [9.17, 15) is 0 Å². The highest BCUT2D eigenvalue weighted by Gasteiger charge is 2.26. The molecule has 0 radical (unpaired) electrons. The summed E-state index contributed by atoms with van der Waals surface area (Å²) in [6.45, 7) is 5.17. The molecule has 5 heteroatoms. The van der Waals surface area contributed by atoms with Crippen LogP contribution in [0, 0.1) is 6.92 Å². The van der Waals surface area contributed by atoms with Crippen LogP contribution in [0.25, 0.3) is 0 Å². The molecule has 28 heavy (non-hydrogen) atoms. The molecule has 146 valence electrons. The molecule has 1 N–H and O–H groups in total. The predicted octanol–water partition coefficient (Wildman–Crippen LogP) is 5.34. The van der Waals surface area contributed by atoms with Crippen molar-refractivity contribution in [1.29, 1.82) is 0 Å². The maximum atomic E-state index is 5.93. The Labute approximate surface area is 166 Å². The van der Waals surface area contributed by atoms with E-state index in [-0.39, 0.29) is 6.04 Å². The quantitative estimate of drug-likeness (QED) is 0.604. The molecule has 2 atom stereocenters. The Morgan fingerprint density at radius 2 is 1.86 bits per heavy atom. The van der Waals surface area contributed by atoms with Gasteiger partial charge in [-0.2, -0.15) is 5.10 Å². The third-order valence-electron chi connectivity index (χ3n) is 5.22. The van der Waals surface area contributed by atoms with Gasteiger partial charge < -0.3 is 10.1 Å². The second-order valence-electron chi connectivity index (χ2n) is 7.43. The Hall–Kier alpha value is -2.66. The van der Waals surface area contributed by atoms with Crippen molar-refractivity contribution in [3.05, 3.63) is 71.8 Å². The summed E-state index contributed by atoms with van der Waals surface area (Å²) in [6.07, 6.45) is 4.45. The van der Waals surface area contributed by atoms with Gasteiger partial charge in [0.05, 0.1) is 6.04 Å². The van der Waals surface area contributed by atoms with Crippen molar-refractivity contribution in [2.45, 2.75) is 58.2 Å². The Balaban J connectivity index is 1.49. The number of nitrogens with zero attached hydrogens (tertiary/aromatic N) is 3. The molecular formula is C23H28N4O. The van der Waals surface area contributed by atoms with Gasteiger partial charge in [0.1, 0.15) is 23.1 Å². The second kappa shape index (κ2) is 8.57. The van der Waals surface area contributed by atoms with Crippen LogP contribution in [0.3, 0.4) is 0 Å². The van der Waals surface area contributed by atoms with E-state index in [1.54, 1.807) is 0 Å². The van der Waals surface area contributed by atoms with Gasteiger partial charge in [-0.1, -0.05) is 43.7 Å². The first-order chi connectivity index (χ1) is 13.7. The van der Waals surface area contributed by atoms with Gasteiger partial charge in [-0.25, -0.2) is 9.67 Å². The summed E-state index contributed by atoms with van der Waals surface area (Å²) in [7, 11) is 0. The molecule has 0 saturated carbocycles. The molecule has 1 aliphatic rings. The molecule has 0 saturated heterocycles. The molecule has 0 spiro atoms. The summed E-state index contributed by atoms with van der Waals surface area (Å²) in [5.41, 5.74) is 1.29. The SMILES string of the molecule is CCCC(NC1CCCn2nc(C)nc21)c1ccc(Oc2ccccc2)cc1. The van der Waals surface area contributed by atoms with E-state index >= 15 is 0 Å². The zero-order valence-electron chi connectivity index (χ0n) is 16.6. The lowest BCUT2D eigenvalue weighted by molar-refractivity contribution is 0.327. The van der Waals surface area contributed by atoms with Crippen molar-refractivity contribution in [3.63, 3.8) is 0 Å². The van der Waals surface area contributed by atoms with Gasteiger partial charge in [0, 0.05) is 12.6 Å². The number of para-hydroxylation sites is 1. The number of aryl methyl sites for hydroxylation is 2. The van der Waals surface area contributed by atoms with E-state index in [0.29, 0.717) is 6.04 Å². The third-order valence-corrected chi connectivity index (χ3v) is 5.22. The predicted molar refractivity (Wildman–Crippen MR) is 110 cm³/mol. The number of rotatable bonds is 7. The average molecular weight is 377 g/mol. The molecule has 0 amide bonds. The zero-order valence-corrected chi connectivity index (χ0v) is 16.6. The van der Waals surface area contributed by atoms with Crippen molar-refractivity contribution in [2.75, 3.05) is 0 Å². The zero-order chi connectivity index (χ0) is 19.3. The van der Waals surface area contributed by atoms with Crippen molar-refractivity contribution in [2.24, 2.45) is 0 Å². The Bertz CT molecular complexity index is 889. The van der Waals surface area contributed by atoms with Crippen LogP contribution in [0.15, 0.2) is 54.6 Å². The van der Waals surface area contributed by atoms with E-state index in [4.69, 9.17) is 4.74 Å². The van der Waals surface area contributed by atoms with Crippen molar-refractivity contribution < 1.29 is 4.74 Å². The van der Waals surface area contributed by atoms with E-state index in [2.05, 4.69) is 51.3 Å². The van der Waals surface area contributed by atoms with Gasteiger partial charge in [0.25, 0.3) is 0 Å². The number of hydrogen-bond acceptors (Lipinski definition) is 4. The summed E-state index contributed by atoms with van der Waals surface area (Å²) in [5, 5.41) is 8.38. The number of fused-ring (bicyclic) bond motifs is 1. The van der Waals surface area contributed by atoms with Gasteiger partial charge in [-0.05, 0) is 56.0 Å². The highest BCUT2D eigenvalue weighted by Crippen LogP contribution is 2.30. The Morgan fingerprint density at radius 1 is 1.11 bits per heavy atom. The van der Waals surface area contributed by atoms with Crippen LogP contribution >= 0.6 is 0 Å². The van der Waals surface area contributed by atoms with Crippen molar-refractivity contribution in [3.8, 4) is 11.5 Å². The van der Waals surface area contributed by atoms with E-state index < -0.39 is 0 Å². The monoisotopic (exact) mass is 376 g/mol. The van der Waals surface area contributed by atoms with Crippen molar-refractivity contribution >= 4 is 0 Å². The Kier molecular flexibility index (Phi) is 5.72. The number of ether oxygens (including phenoxy) is 1. The second-order valence-corrected chi connectivity index (χ2v) is 7.43. The highest BCUT2D eigenvalue weighted by molar-refractivity contribution is 5.34. The maximum absolute atomic E-state index is 5.93. The molecule has 2 heterocycles. The van der Waals surface area contributed by atoms with Crippen LogP contribution < -0.4 is 10.1 Å². The number of hydrogen-bond donors (Lipinski definition) is 1. The summed E-state index contributed by atoms with van der Waals surface area (Å²) in [5.74, 6) is 3.65. The number of benzene rings is 2. The minimum atomic E-state index is 0.256. The summed E-state index contributed by atoms with van der Waals surface area (Å²) in [4.78, 5) is 4.67. The Morgan fingerprint density at radius 3 is 2.61 bits per heavy atom. The van der Waals surface area contributed by atoms with E-state index in [0.717, 1.165) is 55.4 Å². The van der Waals surface area contributed by atoms with Gasteiger partial charge in [-0.15, -0.1) is 0 Å². The van der Waals surface area contributed by atoms with Gasteiger partial charge in [0.15, 0.2) is 0 Å². The van der Waals surface area contributed by atoms with Crippen LogP contribution in [0.5, 0.6) is 11.5 Å². The molecule has 2 unspecified atom stereocenters. The molecule has 1 aromatic heterocycles. The summed E-state index contributed by atoms with van der Waals surface area (Å²) in [6, 6.07) is 18.9. The van der Waals surface area contributed by atoms with E-state index in [1.807, 2.05) is 37.3 Å². The lowest BCUT2D eigenvalue weighted by atomic mass is 9.99. The lowest BCUT2D eigenvalue weighted by Crippen LogP contribution is -2.31. The summed E-state index contributed by atoms with van der Waals surface area (Å²) >= 11 is 0. The molecule has 3 aromatic rings. The summed E-state index contributed by atoms with van der Waals surface area (Å²) < 4.78 is 8.00. The topological polar surface area (TPSA) is 52.0 Å². The minimum Gasteiger partial charge on any atom is -0.457 e. The third kappa shape index (κ3) is 4.25. The fourth-order valence-electron chi connectivity index (χ4n) is 3.90. The van der Waals surface area contributed by atoms with Crippen LogP contribution in [-0.4, -0.2) is 14.8 Å². The largest absolute Gasteiger partial charge is 0.457 e. The molecule has 0 fully saturated rings. The fraction of sp³-hybridized carbons (Fsp3) is 0.391. The van der Waals surface area contributed by atoms with Crippen LogP contribution in [0.4, 0.5) is 0 Å².